The van der Waals surface area contributed by atoms with E-state index in [0.29, 0.717) is 11.6 Å². The van der Waals surface area contributed by atoms with E-state index in [1.165, 1.54) is 11.3 Å². The predicted molar refractivity (Wildman–Crippen MR) is 81.8 cm³/mol. The molecule has 2 aromatic rings. The molecule has 20 heavy (non-hydrogen) atoms. The van der Waals surface area contributed by atoms with Crippen molar-refractivity contribution in [3.05, 3.63) is 34.8 Å². The fourth-order valence-electron chi connectivity index (χ4n) is 1.84. The maximum atomic E-state index is 12.0. The van der Waals surface area contributed by atoms with Crippen LogP contribution in [-0.4, -0.2) is 16.1 Å². The van der Waals surface area contributed by atoms with Crippen molar-refractivity contribution in [2.75, 3.05) is 11.1 Å². The lowest BCUT2D eigenvalue weighted by molar-refractivity contribution is -0.116. The first-order valence-corrected chi connectivity index (χ1v) is 7.37. The third-order valence-corrected chi connectivity index (χ3v) is 4.00. The molecule has 0 spiro atoms. The summed E-state index contributed by atoms with van der Waals surface area (Å²) in [6.45, 7) is 4.03. The molecule has 0 saturated carbocycles. The van der Waals surface area contributed by atoms with Gasteiger partial charge in [-0.3, -0.25) is 4.79 Å². The van der Waals surface area contributed by atoms with Gasteiger partial charge in [0.2, 0.25) is 11.0 Å². The average Bonchev–Trinajstić information content (AvgIpc) is 2.86. The molecule has 0 aliphatic carbocycles. The van der Waals surface area contributed by atoms with E-state index in [0.717, 1.165) is 22.7 Å². The van der Waals surface area contributed by atoms with E-state index in [9.17, 15) is 4.79 Å². The molecule has 1 atom stereocenters. The Balaban J connectivity index is 1.92. The second-order valence-corrected chi connectivity index (χ2v) is 5.74. The summed E-state index contributed by atoms with van der Waals surface area (Å²) < 4.78 is 0. The first kappa shape index (κ1) is 14.5. The number of hydrogen-bond donors (Lipinski definition) is 2. The number of anilines is 2. The largest absolute Gasteiger partial charge is 0.399 e. The number of amides is 1. The van der Waals surface area contributed by atoms with E-state index >= 15 is 0 Å². The van der Waals surface area contributed by atoms with Gasteiger partial charge in [-0.1, -0.05) is 37.3 Å². The molecule has 0 saturated heterocycles. The Morgan fingerprint density at radius 3 is 2.65 bits per heavy atom. The van der Waals surface area contributed by atoms with Crippen molar-refractivity contribution in [1.82, 2.24) is 10.2 Å². The Morgan fingerprint density at radius 2 is 2.05 bits per heavy atom. The lowest BCUT2D eigenvalue weighted by atomic mass is 9.97. The topological polar surface area (TPSA) is 80.9 Å². The van der Waals surface area contributed by atoms with E-state index in [1.54, 1.807) is 0 Å². The van der Waals surface area contributed by atoms with Crippen LogP contribution < -0.4 is 11.1 Å². The number of benzene rings is 1. The van der Waals surface area contributed by atoms with Crippen LogP contribution in [0, 0.1) is 0 Å². The van der Waals surface area contributed by atoms with Gasteiger partial charge in [-0.2, -0.15) is 0 Å². The zero-order valence-corrected chi connectivity index (χ0v) is 12.4. The van der Waals surface area contributed by atoms with Crippen LogP contribution in [0.3, 0.4) is 0 Å². The normalized spacial score (nSPS) is 12.1. The number of aryl methyl sites for hydroxylation is 1. The van der Waals surface area contributed by atoms with Crippen molar-refractivity contribution in [3.63, 3.8) is 0 Å². The molecular weight excluding hydrogens is 272 g/mol. The summed E-state index contributed by atoms with van der Waals surface area (Å²) in [6, 6.07) is 7.60. The van der Waals surface area contributed by atoms with Gasteiger partial charge in [0.15, 0.2) is 0 Å². The van der Waals surface area contributed by atoms with Gasteiger partial charge in [-0.25, -0.2) is 0 Å². The minimum atomic E-state index is -0.0480. The quantitative estimate of drug-likeness (QED) is 0.830. The van der Waals surface area contributed by atoms with E-state index in [-0.39, 0.29) is 11.8 Å². The Hall–Kier alpha value is -1.95. The third kappa shape index (κ3) is 3.77. The number of nitrogens with one attached hydrogen (secondary N) is 1. The minimum Gasteiger partial charge on any atom is -0.399 e. The number of carbonyl (C=O) groups excluding carboxylic acids is 1. The van der Waals surface area contributed by atoms with Crippen LogP contribution in [0.5, 0.6) is 0 Å². The van der Waals surface area contributed by atoms with Crippen LogP contribution in [0.2, 0.25) is 0 Å². The molecule has 5 nitrogen and oxygen atoms in total. The maximum absolute atomic E-state index is 12.0. The Kier molecular flexibility index (Phi) is 4.68. The standard InChI is InChI=1S/C14H18N4OS/c1-3-13-17-18-14(20-13)16-12(19)8-9(2)10-4-6-11(15)7-5-10/h4-7,9H,3,8,15H2,1-2H3,(H,16,18,19). The summed E-state index contributed by atoms with van der Waals surface area (Å²) >= 11 is 1.42. The second-order valence-electron chi connectivity index (χ2n) is 4.67. The highest BCUT2D eigenvalue weighted by atomic mass is 32.1. The maximum Gasteiger partial charge on any atom is 0.226 e. The van der Waals surface area contributed by atoms with Crippen LogP contribution in [0.15, 0.2) is 24.3 Å². The number of nitrogen functional groups attached to an aromatic ring is 1. The fraction of sp³-hybridized carbons (Fsp3) is 0.357. The van der Waals surface area contributed by atoms with Gasteiger partial charge in [-0.05, 0) is 30.0 Å². The molecule has 0 radical (unpaired) electrons. The molecule has 0 aliphatic rings. The van der Waals surface area contributed by atoms with E-state index < -0.39 is 0 Å². The fourth-order valence-corrected chi connectivity index (χ4v) is 2.53. The molecule has 106 valence electrons. The molecule has 3 N–H and O–H groups in total. The Labute approximate surface area is 122 Å². The molecule has 1 aromatic heterocycles. The highest BCUT2D eigenvalue weighted by Crippen LogP contribution is 2.22. The van der Waals surface area contributed by atoms with Gasteiger partial charge in [0.1, 0.15) is 5.01 Å². The van der Waals surface area contributed by atoms with Gasteiger partial charge in [0.25, 0.3) is 0 Å². The van der Waals surface area contributed by atoms with Crippen molar-refractivity contribution < 1.29 is 4.79 Å². The molecule has 1 unspecified atom stereocenters. The zero-order chi connectivity index (χ0) is 14.5. The average molecular weight is 290 g/mol. The predicted octanol–water partition coefficient (Wildman–Crippen LogP) is 2.82. The number of nitrogens with two attached hydrogens (primary N) is 1. The minimum absolute atomic E-state index is 0.0480. The van der Waals surface area contributed by atoms with E-state index in [1.807, 2.05) is 38.1 Å². The van der Waals surface area contributed by atoms with Crippen LogP contribution in [0.4, 0.5) is 10.8 Å². The van der Waals surface area contributed by atoms with Gasteiger partial charge in [-0.15, -0.1) is 10.2 Å². The number of aromatic nitrogens is 2. The van der Waals surface area contributed by atoms with Crippen molar-refractivity contribution in [1.29, 1.82) is 0 Å². The molecule has 1 amide bonds. The first-order valence-electron chi connectivity index (χ1n) is 6.56. The lowest BCUT2D eigenvalue weighted by Crippen LogP contribution is -2.14. The van der Waals surface area contributed by atoms with Crippen molar-refractivity contribution in [2.45, 2.75) is 32.6 Å². The van der Waals surface area contributed by atoms with Gasteiger partial charge >= 0.3 is 0 Å². The van der Waals surface area contributed by atoms with E-state index in [2.05, 4.69) is 15.5 Å². The molecule has 2 rings (SSSR count). The Bertz CT molecular complexity index is 579. The van der Waals surface area contributed by atoms with Crippen LogP contribution in [0.1, 0.15) is 36.8 Å². The summed E-state index contributed by atoms with van der Waals surface area (Å²) in [5.41, 5.74) is 7.48. The lowest BCUT2D eigenvalue weighted by Gasteiger charge is -2.11. The van der Waals surface area contributed by atoms with Gasteiger partial charge in [0.05, 0.1) is 0 Å². The molecule has 0 fully saturated rings. The number of rotatable bonds is 5. The first-order chi connectivity index (χ1) is 9.58. The number of carbonyl (C=O) groups is 1. The number of hydrogen-bond acceptors (Lipinski definition) is 5. The highest BCUT2D eigenvalue weighted by molar-refractivity contribution is 7.15. The van der Waals surface area contributed by atoms with E-state index in [4.69, 9.17) is 5.73 Å². The summed E-state index contributed by atoms with van der Waals surface area (Å²) in [7, 11) is 0. The summed E-state index contributed by atoms with van der Waals surface area (Å²) in [6.07, 6.45) is 1.24. The van der Waals surface area contributed by atoms with Crippen molar-refractivity contribution in [2.24, 2.45) is 0 Å². The number of nitrogens with zero attached hydrogens (tertiary/aromatic N) is 2. The summed E-state index contributed by atoms with van der Waals surface area (Å²) in [5.74, 6) is 0.0855. The monoisotopic (exact) mass is 290 g/mol. The highest BCUT2D eigenvalue weighted by Gasteiger charge is 2.13. The summed E-state index contributed by atoms with van der Waals surface area (Å²) in [5, 5.41) is 12.2. The molecule has 0 aliphatic heterocycles. The SMILES string of the molecule is CCc1nnc(NC(=O)CC(C)c2ccc(N)cc2)s1. The molecule has 1 heterocycles. The summed E-state index contributed by atoms with van der Waals surface area (Å²) in [4.78, 5) is 12.0. The van der Waals surface area contributed by atoms with Gasteiger partial charge in [0, 0.05) is 12.1 Å². The molecular formula is C14H18N4OS. The molecule has 0 bridgehead atoms. The van der Waals surface area contributed by atoms with Gasteiger partial charge < -0.3 is 11.1 Å². The van der Waals surface area contributed by atoms with Crippen LogP contribution in [0.25, 0.3) is 0 Å². The van der Waals surface area contributed by atoms with Crippen molar-refractivity contribution >= 4 is 28.1 Å². The molecule has 1 aromatic carbocycles. The second kappa shape index (κ2) is 6.47. The zero-order valence-electron chi connectivity index (χ0n) is 11.6. The van der Waals surface area contributed by atoms with Crippen LogP contribution in [-0.2, 0) is 11.2 Å². The van der Waals surface area contributed by atoms with Crippen molar-refractivity contribution in [3.8, 4) is 0 Å². The Morgan fingerprint density at radius 1 is 1.35 bits per heavy atom. The third-order valence-electron chi connectivity index (χ3n) is 3.01. The smallest absolute Gasteiger partial charge is 0.226 e. The molecule has 6 heteroatoms. The van der Waals surface area contributed by atoms with Crippen LogP contribution >= 0.6 is 11.3 Å².